The quantitative estimate of drug-likeness (QED) is 0.510. The molecule has 7 heteroatoms. The van der Waals surface area contributed by atoms with Crippen molar-refractivity contribution in [2.75, 3.05) is 27.0 Å². The molecule has 0 unspecified atom stereocenters. The number of carbonyl (C=O) groups excluding carboxylic acids is 2. The minimum atomic E-state index is -0.587. The first-order chi connectivity index (χ1) is 10.5. The van der Waals surface area contributed by atoms with Crippen LogP contribution in [0, 0.1) is 0 Å². The van der Waals surface area contributed by atoms with E-state index in [0.717, 1.165) is 0 Å². The molecule has 22 heavy (non-hydrogen) atoms. The first kappa shape index (κ1) is 15.6. The maximum absolute atomic E-state index is 12.6. The average Bonchev–Trinajstić information content (AvgIpc) is 2.54. The van der Waals surface area contributed by atoms with E-state index < -0.39 is 5.97 Å². The van der Waals surface area contributed by atoms with E-state index in [1.807, 2.05) is 0 Å². The first-order valence-electron chi connectivity index (χ1n) is 6.47. The van der Waals surface area contributed by atoms with Gasteiger partial charge < -0.3 is 10.5 Å². The van der Waals surface area contributed by atoms with Crippen LogP contribution in [0.2, 0.25) is 0 Å². The second-order valence-electron chi connectivity index (χ2n) is 4.52. The van der Waals surface area contributed by atoms with E-state index in [0.29, 0.717) is 11.3 Å². The number of hydrazine groups is 1. The van der Waals surface area contributed by atoms with Gasteiger partial charge >= 0.3 is 5.97 Å². The fourth-order valence-electron chi connectivity index (χ4n) is 2.06. The van der Waals surface area contributed by atoms with Crippen molar-refractivity contribution in [2.45, 2.75) is 0 Å². The normalized spacial score (nSPS) is 13.9. The molecule has 1 aliphatic rings. The van der Waals surface area contributed by atoms with E-state index in [4.69, 9.17) is 10.6 Å². The predicted molar refractivity (Wildman–Crippen MR) is 80.4 cm³/mol. The van der Waals surface area contributed by atoms with E-state index in [2.05, 4.69) is 4.74 Å². The molecule has 1 heterocycles. The maximum Gasteiger partial charge on any atom is 0.339 e. The number of Topliss-reactive ketones (excluding diaryl/α,β-unsaturated/α-hetero) is 1. The highest BCUT2D eigenvalue weighted by Crippen LogP contribution is 2.21. The number of hydrogen-bond donors (Lipinski definition) is 1. The summed E-state index contributed by atoms with van der Waals surface area (Å²) in [6, 6.07) is 4.49. The number of nitrogen functional groups attached to an aromatic ring is 1. The second kappa shape index (κ2) is 6.31. The molecule has 2 rings (SSSR count). The SMILES string of the molecule is COC(=O)c1cc(C(=O)C2=CC=CN(OC)N2C)ccc1N. The lowest BCUT2D eigenvalue weighted by molar-refractivity contribution is -0.205. The molecule has 2 N–H and O–H groups in total. The average molecular weight is 303 g/mol. The Bertz CT molecular complexity index is 667. The summed E-state index contributed by atoms with van der Waals surface area (Å²) in [5.41, 5.74) is 6.88. The van der Waals surface area contributed by atoms with Crippen LogP contribution in [-0.2, 0) is 9.57 Å². The van der Waals surface area contributed by atoms with Gasteiger partial charge in [0.05, 0.1) is 26.0 Å². The fourth-order valence-corrected chi connectivity index (χ4v) is 2.06. The Hall–Kier alpha value is -2.80. The second-order valence-corrected chi connectivity index (χ2v) is 4.52. The van der Waals surface area contributed by atoms with Gasteiger partial charge in [0.25, 0.3) is 0 Å². The van der Waals surface area contributed by atoms with Crippen LogP contribution in [0.25, 0.3) is 0 Å². The molecule has 0 bridgehead atoms. The van der Waals surface area contributed by atoms with E-state index in [1.165, 1.54) is 31.5 Å². The Morgan fingerprint density at radius 3 is 2.59 bits per heavy atom. The largest absolute Gasteiger partial charge is 0.465 e. The van der Waals surface area contributed by atoms with Crippen LogP contribution < -0.4 is 5.73 Å². The third kappa shape index (κ3) is 2.79. The number of methoxy groups -OCH3 is 1. The highest BCUT2D eigenvalue weighted by atomic mass is 16.7. The molecule has 0 radical (unpaired) electrons. The molecule has 0 aromatic heterocycles. The molecule has 0 spiro atoms. The minimum absolute atomic E-state index is 0.159. The molecule has 0 aliphatic carbocycles. The van der Waals surface area contributed by atoms with Gasteiger partial charge in [0.15, 0.2) is 0 Å². The van der Waals surface area contributed by atoms with Crippen molar-refractivity contribution >= 4 is 17.4 Å². The Balaban J connectivity index is 2.36. The number of allylic oxidation sites excluding steroid dienone is 3. The highest BCUT2D eigenvalue weighted by molar-refractivity contribution is 6.10. The Morgan fingerprint density at radius 1 is 1.23 bits per heavy atom. The van der Waals surface area contributed by atoms with E-state index in [9.17, 15) is 9.59 Å². The number of carbonyl (C=O) groups is 2. The van der Waals surface area contributed by atoms with Crippen molar-refractivity contribution in [2.24, 2.45) is 0 Å². The molecule has 116 valence electrons. The number of rotatable bonds is 4. The smallest absolute Gasteiger partial charge is 0.339 e. The molecule has 0 saturated carbocycles. The van der Waals surface area contributed by atoms with Crippen LogP contribution in [-0.4, -0.2) is 43.2 Å². The van der Waals surface area contributed by atoms with Gasteiger partial charge in [0.2, 0.25) is 5.78 Å². The van der Waals surface area contributed by atoms with Crippen LogP contribution in [0.15, 0.2) is 42.2 Å². The number of nitrogens with two attached hydrogens (primary N) is 1. The summed E-state index contributed by atoms with van der Waals surface area (Å²) in [4.78, 5) is 29.4. The number of likely N-dealkylation sites (N-methyl/N-ethyl adjacent to an activating group) is 1. The van der Waals surface area contributed by atoms with Crippen molar-refractivity contribution in [3.05, 3.63) is 53.4 Å². The molecule has 1 aromatic carbocycles. The van der Waals surface area contributed by atoms with Crippen molar-refractivity contribution in [3.8, 4) is 0 Å². The summed E-state index contributed by atoms with van der Waals surface area (Å²) in [7, 11) is 4.44. The summed E-state index contributed by atoms with van der Waals surface area (Å²) in [6.07, 6.45) is 5.01. The van der Waals surface area contributed by atoms with Crippen LogP contribution in [0.3, 0.4) is 0 Å². The summed E-state index contributed by atoms with van der Waals surface area (Å²) < 4.78 is 4.66. The molecular weight excluding hydrogens is 286 g/mol. The van der Waals surface area contributed by atoms with Gasteiger partial charge in [-0.1, -0.05) is 0 Å². The summed E-state index contributed by atoms with van der Waals surface area (Å²) in [5.74, 6) is -0.851. The third-order valence-corrected chi connectivity index (χ3v) is 3.25. The zero-order valence-corrected chi connectivity index (χ0v) is 12.6. The number of anilines is 1. The molecule has 1 aliphatic heterocycles. The molecule has 0 atom stereocenters. The van der Waals surface area contributed by atoms with Gasteiger partial charge in [0, 0.05) is 18.3 Å². The lowest BCUT2D eigenvalue weighted by Gasteiger charge is -2.32. The van der Waals surface area contributed by atoms with Gasteiger partial charge in [-0.05, 0) is 30.4 Å². The van der Waals surface area contributed by atoms with Crippen molar-refractivity contribution in [1.82, 2.24) is 10.2 Å². The van der Waals surface area contributed by atoms with Gasteiger partial charge in [-0.3, -0.25) is 14.6 Å². The van der Waals surface area contributed by atoms with Gasteiger partial charge in [-0.15, -0.1) is 0 Å². The number of hydrogen-bond acceptors (Lipinski definition) is 7. The van der Waals surface area contributed by atoms with Crippen molar-refractivity contribution in [1.29, 1.82) is 0 Å². The Labute approximate surface area is 128 Å². The number of ketones is 1. The van der Waals surface area contributed by atoms with Crippen molar-refractivity contribution < 1.29 is 19.2 Å². The number of nitrogens with zero attached hydrogens (tertiary/aromatic N) is 2. The topological polar surface area (TPSA) is 85.1 Å². The molecule has 0 saturated heterocycles. The molecule has 1 aromatic rings. The minimum Gasteiger partial charge on any atom is -0.465 e. The molecule has 7 nitrogen and oxygen atoms in total. The number of ether oxygens (including phenoxy) is 1. The Morgan fingerprint density at radius 2 is 1.95 bits per heavy atom. The van der Waals surface area contributed by atoms with Crippen LogP contribution >= 0.6 is 0 Å². The zero-order chi connectivity index (χ0) is 16.3. The maximum atomic E-state index is 12.6. The molecular formula is C15H17N3O4. The zero-order valence-electron chi connectivity index (χ0n) is 12.6. The van der Waals surface area contributed by atoms with E-state index >= 15 is 0 Å². The number of benzene rings is 1. The third-order valence-electron chi connectivity index (χ3n) is 3.25. The van der Waals surface area contributed by atoms with E-state index in [-0.39, 0.29) is 17.0 Å². The van der Waals surface area contributed by atoms with Crippen LogP contribution in [0.1, 0.15) is 20.7 Å². The summed E-state index contributed by atoms with van der Waals surface area (Å²) >= 11 is 0. The first-order valence-corrected chi connectivity index (χ1v) is 6.47. The van der Waals surface area contributed by atoms with Gasteiger partial charge in [-0.2, -0.15) is 5.17 Å². The van der Waals surface area contributed by atoms with E-state index in [1.54, 1.807) is 36.5 Å². The van der Waals surface area contributed by atoms with Crippen LogP contribution in [0.4, 0.5) is 5.69 Å². The monoisotopic (exact) mass is 303 g/mol. The lowest BCUT2D eigenvalue weighted by Crippen LogP contribution is -2.38. The Kier molecular flexibility index (Phi) is 4.47. The molecule has 0 amide bonds. The standard InChI is InChI=1S/C15H17N3O4/c1-17-13(5-4-8-18(17)22-3)14(19)10-6-7-12(16)11(9-10)15(20)21-2/h4-9H,16H2,1-3H3. The van der Waals surface area contributed by atoms with Gasteiger partial charge in [-0.25, -0.2) is 4.79 Å². The highest BCUT2D eigenvalue weighted by Gasteiger charge is 2.23. The number of esters is 1. The predicted octanol–water partition coefficient (Wildman–Crippen LogP) is 1.36. The van der Waals surface area contributed by atoms with Crippen LogP contribution in [0.5, 0.6) is 0 Å². The van der Waals surface area contributed by atoms with Gasteiger partial charge in [0.1, 0.15) is 5.70 Å². The number of hydroxylamine groups is 1. The molecule has 0 fully saturated rings. The summed E-state index contributed by atoms with van der Waals surface area (Å²) in [5, 5.41) is 2.96. The lowest BCUT2D eigenvalue weighted by atomic mass is 10.0. The summed E-state index contributed by atoms with van der Waals surface area (Å²) in [6.45, 7) is 0. The fraction of sp³-hybridized carbons (Fsp3) is 0.200. The van der Waals surface area contributed by atoms with Crippen molar-refractivity contribution in [3.63, 3.8) is 0 Å².